The third kappa shape index (κ3) is 1.73. The van der Waals surface area contributed by atoms with E-state index in [1.165, 1.54) is 0 Å². The fraction of sp³-hybridized carbons (Fsp3) is 0.857. The fourth-order valence-corrected chi connectivity index (χ4v) is 1.36. The number of carboxylic acid groups (broad SMARTS) is 1. The van der Waals surface area contributed by atoms with E-state index in [2.05, 4.69) is 0 Å². The Morgan fingerprint density at radius 1 is 1.75 bits per heavy atom. The zero-order valence-electron chi connectivity index (χ0n) is 7.20. The molecular weight excluding hydrogens is 163 g/mol. The van der Waals surface area contributed by atoms with Crippen molar-refractivity contribution in [3.05, 3.63) is 0 Å². The van der Waals surface area contributed by atoms with E-state index in [0.29, 0.717) is 6.54 Å². The van der Waals surface area contributed by atoms with Crippen LogP contribution >= 0.6 is 0 Å². The highest BCUT2D eigenvalue weighted by atomic mass is 19.1. The number of nitrogens with zero attached hydrogens (tertiary/aromatic N) is 2. The van der Waals surface area contributed by atoms with Crippen LogP contribution in [0.2, 0.25) is 0 Å². The third-order valence-corrected chi connectivity index (χ3v) is 2.06. The van der Waals surface area contributed by atoms with Crippen molar-refractivity contribution in [1.82, 2.24) is 10.0 Å². The number of hydrazine groups is 1. The van der Waals surface area contributed by atoms with Crippen LogP contribution in [0.25, 0.3) is 0 Å². The summed E-state index contributed by atoms with van der Waals surface area (Å²) in [5, 5.41) is 11.9. The van der Waals surface area contributed by atoms with Crippen molar-refractivity contribution in [2.24, 2.45) is 0 Å². The zero-order chi connectivity index (χ0) is 9.30. The Hall–Kier alpha value is -0.680. The van der Waals surface area contributed by atoms with Gasteiger partial charge >= 0.3 is 5.97 Å². The number of halogens is 1. The highest BCUT2D eigenvalue weighted by molar-refractivity contribution is 5.67. The van der Waals surface area contributed by atoms with Gasteiger partial charge in [-0.25, -0.2) is 14.4 Å². The second-order valence-corrected chi connectivity index (χ2v) is 3.15. The predicted octanol–water partition coefficient (Wildman–Crippen LogP) is -0.0400. The van der Waals surface area contributed by atoms with Crippen molar-refractivity contribution in [2.75, 3.05) is 20.6 Å². The normalized spacial score (nSPS) is 30.3. The van der Waals surface area contributed by atoms with Gasteiger partial charge in [-0.15, -0.1) is 0 Å². The molecule has 0 saturated carbocycles. The molecule has 12 heavy (non-hydrogen) atoms. The number of hydrogen-bond acceptors (Lipinski definition) is 3. The summed E-state index contributed by atoms with van der Waals surface area (Å²) in [7, 11) is 3.56. The van der Waals surface area contributed by atoms with E-state index in [1.54, 1.807) is 24.1 Å². The van der Waals surface area contributed by atoms with E-state index in [-0.39, 0.29) is 6.42 Å². The molecule has 1 aliphatic heterocycles. The largest absolute Gasteiger partial charge is 0.481 e. The van der Waals surface area contributed by atoms with Crippen LogP contribution in [0.15, 0.2) is 0 Å². The van der Waals surface area contributed by atoms with Gasteiger partial charge in [-0.1, -0.05) is 0 Å². The molecule has 0 spiro atoms. The van der Waals surface area contributed by atoms with Gasteiger partial charge < -0.3 is 5.11 Å². The summed E-state index contributed by atoms with van der Waals surface area (Å²) in [6, 6.07) is -0.475. The van der Waals surface area contributed by atoms with Crippen LogP contribution in [-0.2, 0) is 4.79 Å². The first kappa shape index (κ1) is 9.41. The highest BCUT2D eigenvalue weighted by Gasteiger charge is 2.41. The summed E-state index contributed by atoms with van der Waals surface area (Å²) in [6.07, 6.45) is -1.12. The Kier molecular flexibility index (Phi) is 2.64. The van der Waals surface area contributed by atoms with Crippen molar-refractivity contribution in [3.8, 4) is 0 Å². The molecule has 1 rings (SSSR count). The quantitative estimate of drug-likeness (QED) is 0.655. The minimum absolute atomic E-state index is 0.126. The molecule has 0 bridgehead atoms. The molecule has 0 aromatic carbocycles. The molecule has 2 unspecified atom stereocenters. The number of carbonyl (C=O) groups is 1. The monoisotopic (exact) mass is 176 g/mol. The first-order valence-electron chi connectivity index (χ1n) is 3.82. The molecule has 1 heterocycles. The lowest BCUT2D eigenvalue weighted by Gasteiger charge is -2.46. The van der Waals surface area contributed by atoms with Crippen LogP contribution in [0.5, 0.6) is 0 Å². The minimum Gasteiger partial charge on any atom is -0.481 e. The van der Waals surface area contributed by atoms with Gasteiger partial charge in [-0.05, 0) is 0 Å². The molecular formula is C7H13FN2O2. The average Bonchev–Trinajstić information content (AvgIpc) is 1.95. The Bertz CT molecular complexity index is 186. The molecule has 0 aliphatic carbocycles. The molecule has 1 aliphatic rings. The summed E-state index contributed by atoms with van der Waals surface area (Å²) < 4.78 is 12.8. The molecule has 0 amide bonds. The van der Waals surface area contributed by atoms with Crippen molar-refractivity contribution in [2.45, 2.75) is 18.6 Å². The van der Waals surface area contributed by atoms with Crippen LogP contribution in [0, 0.1) is 0 Å². The van der Waals surface area contributed by atoms with Gasteiger partial charge in [0.1, 0.15) is 6.17 Å². The lowest BCUT2D eigenvalue weighted by molar-refractivity contribution is -0.159. The maximum absolute atomic E-state index is 12.8. The maximum Gasteiger partial charge on any atom is 0.305 e. The summed E-state index contributed by atoms with van der Waals surface area (Å²) in [4.78, 5) is 10.3. The first-order valence-corrected chi connectivity index (χ1v) is 3.82. The van der Waals surface area contributed by atoms with E-state index in [4.69, 9.17) is 5.11 Å². The number of aliphatic carboxylic acids is 1. The average molecular weight is 176 g/mol. The van der Waals surface area contributed by atoms with Crippen LogP contribution < -0.4 is 0 Å². The minimum atomic E-state index is -0.997. The Labute approximate surface area is 70.5 Å². The third-order valence-electron chi connectivity index (χ3n) is 2.06. The zero-order valence-corrected chi connectivity index (χ0v) is 7.20. The van der Waals surface area contributed by atoms with E-state index < -0.39 is 18.2 Å². The molecule has 1 N–H and O–H groups in total. The second-order valence-electron chi connectivity index (χ2n) is 3.15. The van der Waals surface area contributed by atoms with E-state index in [9.17, 15) is 9.18 Å². The topological polar surface area (TPSA) is 43.8 Å². The Morgan fingerprint density at radius 3 is 2.67 bits per heavy atom. The van der Waals surface area contributed by atoms with Crippen LogP contribution in [0.3, 0.4) is 0 Å². The molecule has 4 nitrogen and oxygen atoms in total. The van der Waals surface area contributed by atoms with Gasteiger partial charge in [0.15, 0.2) is 0 Å². The molecule has 5 heteroatoms. The lowest BCUT2D eigenvalue weighted by Crippen LogP contribution is -2.63. The summed E-state index contributed by atoms with van der Waals surface area (Å²) >= 11 is 0. The fourth-order valence-electron chi connectivity index (χ4n) is 1.36. The van der Waals surface area contributed by atoms with Crippen molar-refractivity contribution in [1.29, 1.82) is 0 Å². The van der Waals surface area contributed by atoms with Gasteiger partial charge in [-0.2, -0.15) is 0 Å². The van der Waals surface area contributed by atoms with Gasteiger partial charge in [-0.3, -0.25) is 4.79 Å². The Balaban J connectivity index is 2.44. The van der Waals surface area contributed by atoms with Gasteiger partial charge in [0.05, 0.1) is 12.5 Å². The smallest absolute Gasteiger partial charge is 0.305 e. The second kappa shape index (κ2) is 3.37. The number of alkyl halides is 1. The summed E-state index contributed by atoms with van der Waals surface area (Å²) in [6.45, 7) is 0.310. The van der Waals surface area contributed by atoms with Gasteiger partial charge in [0, 0.05) is 20.6 Å². The molecule has 70 valence electrons. The Morgan fingerprint density at radius 2 is 2.33 bits per heavy atom. The molecule has 1 saturated heterocycles. The van der Waals surface area contributed by atoms with Crippen LogP contribution in [0.1, 0.15) is 6.42 Å². The van der Waals surface area contributed by atoms with E-state index >= 15 is 0 Å². The van der Waals surface area contributed by atoms with E-state index in [0.717, 1.165) is 0 Å². The summed E-state index contributed by atoms with van der Waals surface area (Å²) in [5.41, 5.74) is 0. The standard InChI is InChI=1S/C7H13FN2O2/c1-9(2)10-4-5(8)6(10)3-7(11)12/h5-6H,3-4H2,1-2H3,(H,11,12). The molecule has 2 atom stereocenters. The first-order chi connectivity index (χ1) is 5.52. The van der Waals surface area contributed by atoms with Crippen molar-refractivity contribution >= 4 is 5.97 Å². The van der Waals surface area contributed by atoms with Crippen LogP contribution in [-0.4, -0.2) is 53.9 Å². The lowest BCUT2D eigenvalue weighted by atomic mass is 10.00. The predicted molar refractivity (Wildman–Crippen MR) is 41.3 cm³/mol. The summed E-state index contributed by atoms with van der Waals surface area (Å²) in [5.74, 6) is -0.950. The highest BCUT2D eigenvalue weighted by Crippen LogP contribution is 2.24. The number of carboxylic acids is 1. The van der Waals surface area contributed by atoms with Crippen molar-refractivity contribution in [3.63, 3.8) is 0 Å². The number of hydrogen-bond donors (Lipinski definition) is 1. The van der Waals surface area contributed by atoms with E-state index in [1.807, 2.05) is 0 Å². The van der Waals surface area contributed by atoms with Gasteiger partial charge in [0.2, 0.25) is 0 Å². The molecule has 0 aromatic rings. The molecule has 1 fully saturated rings. The SMILES string of the molecule is CN(C)N1CC(F)C1CC(=O)O. The maximum atomic E-state index is 12.8. The van der Waals surface area contributed by atoms with Crippen LogP contribution in [0.4, 0.5) is 4.39 Å². The molecule has 0 radical (unpaired) electrons. The van der Waals surface area contributed by atoms with Gasteiger partial charge in [0.25, 0.3) is 0 Å². The van der Waals surface area contributed by atoms with Crippen molar-refractivity contribution < 1.29 is 14.3 Å². The number of rotatable bonds is 3. The molecule has 0 aromatic heterocycles.